The smallest absolute Gasteiger partial charge is 0.266 e. The highest BCUT2D eigenvalue weighted by Gasteiger charge is 2.11. The summed E-state index contributed by atoms with van der Waals surface area (Å²) in [6, 6.07) is 0. The molecule has 0 bridgehead atoms. The summed E-state index contributed by atoms with van der Waals surface area (Å²) >= 11 is 19.3. The molecule has 0 saturated carbocycles. The fraction of sp³-hybridized carbons (Fsp3) is 1.00. The molecule has 0 saturated heterocycles. The fourth-order valence-corrected chi connectivity index (χ4v) is 0. The summed E-state index contributed by atoms with van der Waals surface area (Å²) in [5, 5.41) is 7.00. The summed E-state index contributed by atoms with van der Waals surface area (Å²) in [6.45, 7) is 0. The van der Waals surface area contributed by atoms with Gasteiger partial charge in [-0.3, -0.25) is 0 Å². The molecule has 0 aromatic carbocycles. The monoisotopic (exact) mass is 202 g/mol. The minimum absolute atomic E-state index is 0. The quantitative estimate of drug-likeness (QED) is 0.594. The Morgan fingerprint density at radius 3 is 1.00 bits per heavy atom. The first-order valence-corrected chi connectivity index (χ1v) is 2.72. The Bertz CT molecular complexity index is 27.5. The molecule has 0 atom stereocenters. The minimum atomic E-state index is -1.61. The molecular formula is C2H6Cl4O2. The van der Waals surface area contributed by atoms with Crippen LogP contribution in [0.15, 0.2) is 0 Å². The van der Waals surface area contributed by atoms with Gasteiger partial charge in [0.25, 0.3) is 3.25 Å². The molecule has 8 heavy (non-hydrogen) atoms. The Morgan fingerprint density at radius 1 is 1.00 bits per heavy atom. The summed E-state index contributed by atoms with van der Waals surface area (Å²) in [6.07, 6.45) is 0. The Morgan fingerprint density at radius 2 is 1.00 bits per heavy atom. The lowest BCUT2D eigenvalue weighted by molar-refractivity contribution is 0.399. The lowest BCUT2D eigenvalue weighted by Gasteiger charge is -1.91. The molecule has 0 heterocycles. The molecule has 0 radical (unpaired) electrons. The van der Waals surface area contributed by atoms with E-state index < -0.39 is 3.25 Å². The van der Waals surface area contributed by atoms with E-state index in [1.54, 1.807) is 0 Å². The van der Waals surface area contributed by atoms with Crippen LogP contribution in [0.2, 0.25) is 0 Å². The first kappa shape index (κ1) is 16.0. The molecule has 0 aliphatic rings. The van der Waals surface area contributed by atoms with E-state index in [1.165, 1.54) is 0 Å². The Kier molecular flexibility index (Phi) is 16.2. The molecule has 3 N–H and O–H groups in total. The van der Waals surface area contributed by atoms with Gasteiger partial charge in [-0.05, 0) is 0 Å². The van der Waals surface area contributed by atoms with Crippen LogP contribution in [-0.2, 0) is 0 Å². The number of hydrogen-bond acceptors (Lipinski definition) is 1. The Balaban J connectivity index is -0.0000000750. The van der Waals surface area contributed by atoms with E-state index in [9.17, 15) is 0 Å². The average Bonchev–Trinajstić information content (AvgIpc) is 1.36. The molecule has 0 amide bonds. The average molecular weight is 204 g/mol. The lowest BCUT2D eigenvalue weighted by atomic mass is 11.8. The van der Waals surface area contributed by atoms with Gasteiger partial charge in [0.05, 0.1) is 0 Å². The number of hydrogen-bond donors (Lipinski definition) is 1. The highest BCUT2D eigenvalue weighted by atomic mass is 35.6. The number of halogens is 4. The molecule has 6 heteroatoms. The maximum atomic E-state index is 7.00. The van der Waals surface area contributed by atoms with Crippen molar-refractivity contribution < 1.29 is 10.6 Å². The largest absolute Gasteiger partial charge is 0.412 e. The normalized spacial score (nSPS) is 8.25. The predicted octanol–water partition coefficient (Wildman–Crippen LogP) is 1.34. The van der Waals surface area contributed by atoms with Gasteiger partial charge >= 0.3 is 0 Å². The Labute approximate surface area is 67.6 Å². The molecule has 0 spiro atoms. The molecule has 0 aliphatic heterocycles. The molecular weight excluding hydrogens is 198 g/mol. The number of aliphatic hydroxyl groups is 1. The third kappa shape index (κ3) is 224. The van der Waals surface area contributed by atoms with Gasteiger partial charge in [0.1, 0.15) is 0 Å². The van der Waals surface area contributed by atoms with Crippen molar-refractivity contribution in [2.75, 3.05) is 7.11 Å². The van der Waals surface area contributed by atoms with Crippen molar-refractivity contribution in [1.82, 2.24) is 0 Å². The summed E-state index contributed by atoms with van der Waals surface area (Å²) in [7, 11) is 1.00. The molecule has 2 nitrogen and oxygen atoms in total. The Hall–Kier alpha value is 1.08. The lowest BCUT2D eigenvalue weighted by Crippen LogP contribution is -1.81. The topological polar surface area (TPSA) is 51.7 Å². The van der Waals surface area contributed by atoms with Crippen LogP contribution in [0.3, 0.4) is 0 Å². The van der Waals surface area contributed by atoms with Gasteiger partial charge in [-0.15, -0.1) is 0 Å². The van der Waals surface area contributed by atoms with Crippen LogP contribution >= 0.6 is 46.4 Å². The van der Waals surface area contributed by atoms with Crippen LogP contribution in [0.1, 0.15) is 0 Å². The predicted molar refractivity (Wildman–Crippen MR) is 37.9 cm³/mol. The molecule has 0 aromatic heterocycles. The zero-order valence-corrected chi connectivity index (χ0v) is 6.98. The first-order valence-electron chi connectivity index (χ1n) is 1.20. The van der Waals surface area contributed by atoms with Gasteiger partial charge < -0.3 is 10.6 Å². The highest BCUT2D eigenvalue weighted by Crippen LogP contribution is 2.29. The number of alkyl halides is 4. The van der Waals surface area contributed by atoms with Crippen molar-refractivity contribution in [2.45, 2.75) is 3.25 Å². The van der Waals surface area contributed by atoms with Gasteiger partial charge in [-0.2, -0.15) is 0 Å². The van der Waals surface area contributed by atoms with Crippen molar-refractivity contribution in [2.24, 2.45) is 0 Å². The fourth-order valence-electron chi connectivity index (χ4n) is 0. The highest BCUT2D eigenvalue weighted by molar-refractivity contribution is 6.83. The van der Waals surface area contributed by atoms with Crippen molar-refractivity contribution in [3.63, 3.8) is 0 Å². The van der Waals surface area contributed by atoms with Gasteiger partial charge in [-0.25, -0.2) is 0 Å². The second-order valence-corrected chi connectivity index (χ2v) is 3.86. The second kappa shape index (κ2) is 8.08. The molecule has 0 unspecified atom stereocenters. The van der Waals surface area contributed by atoms with E-state index in [4.69, 9.17) is 51.5 Å². The van der Waals surface area contributed by atoms with Crippen LogP contribution in [0.5, 0.6) is 0 Å². The zero-order chi connectivity index (χ0) is 6.50. The SMILES string of the molecule is CO.ClC(Cl)(Cl)Cl.O. The minimum Gasteiger partial charge on any atom is -0.412 e. The van der Waals surface area contributed by atoms with Crippen LogP contribution < -0.4 is 0 Å². The third-order valence-electron chi connectivity index (χ3n) is 0. The van der Waals surface area contributed by atoms with Crippen LogP contribution in [0, 0.1) is 0 Å². The number of aliphatic hydroxyl groups excluding tert-OH is 1. The van der Waals surface area contributed by atoms with Gasteiger partial charge in [0, 0.05) is 7.11 Å². The van der Waals surface area contributed by atoms with Crippen LogP contribution in [0.25, 0.3) is 0 Å². The molecule has 0 rings (SSSR count). The zero-order valence-electron chi connectivity index (χ0n) is 3.96. The van der Waals surface area contributed by atoms with Crippen LogP contribution in [-0.4, -0.2) is 20.9 Å². The van der Waals surface area contributed by atoms with E-state index in [2.05, 4.69) is 0 Å². The van der Waals surface area contributed by atoms with E-state index in [-0.39, 0.29) is 5.48 Å². The van der Waals surface area contributed by atoms with Crippen LogP contribution in [0.4, 0.5) is 0 Å². The maximum absolute atomic E-state index is 7.00. The summed E-state index contributed by atoms with van der Waals surface area (Å²) in [5.41, 5.74) is 0. The van der Waals surface area contributed by atoms with Crippen molar-refractivity contribution in [3.05, 3.63) is 0 Å². The van der Waals surface area contributed by atoms with Crippen molar-refractivity contribution in [3.8, 4) is 0 Å². The van der Waals surface area contributed by atoms with Gasteiger partial charge in [-0.1, -0.05) is 46.4 Å². The van der Waals surface area contributed by atoms with Crippen molar-refractivity contribution >= 4 is 46.4 Å². The standard InChI is InChI=1S/CCl4.CH4O.H2O/c2-1(3,4)5;1-2;/h;2H,1H3;1H2. The summed E-state index contributed by atoms with van der Waals surface area (Å²) in [5.74, 6) is 0. The second-order valence-electron chi connectivity index (χ2n) is 0.429. The van der Waals surface area contributed by atoms with E-state index >= 15 is 0 Å². The van der Waals surface area contributed by atoms with E-state index in [0.29, 0.717) is 0 Å². The molecule has 0 fully saturated rings. The van der Waals surface area contributed by atoms with Crippen molar-refractivity contribution in [1.29, 1.82) is 0 Å². The van der Waals surface area contributed by atoms with Gasteiger partial charge in [0.15, 0.2) is 0 Å². The molecule has 54 valence electrons. The molecule has 0 aromatic rings. The number of rotatable bonds is 0. The maximum Gasteiger partial charge on any atom is 0.266 e. The third-order valence-corrected chi connectivity index (χ3v) is 0. The summed E-state index contributed by atoms with van der Waals surface area (Å²) < 4.78 is -1.61. The summed E-state index contributed by atoms with van der Waals surface area (Å²) in [4.78, 5) is 0. The van der Waals surface area contributed by atoms with Gasteiger partial charge in [0.2, 0.25) is 0 Å². The molecule has 0 aliphatic carbocycles. The van der Waals surface area contributed by atoms with E-state index in [1.807, 2.05) is 0 Å². The first-order chi connectivity index (χ1) is 3.00. The van der Waals surface area contributed by atoms with E-state index in [0.717, 1.165) is 7.11 Å².